The summed E-state index contributed by atoms with van der Waals surface area (Å²) in [6, 6.07) is 14.7. The summed E-state index contributed by atoms with van der Waals surface area (Å²) in [5.41, 5.74) is 2.03. The molecule has 3 aromatic rings. The highest BCUT2D eigenvalue weighted by atomic mass is 35.5. The predicted molar refractivity (Wildman–Crippen MR) is 88.8 cm³/mol. The van der Waals surface area contributed by atoms with Crippen LogP contribution in [0.2, 0.25) is 5.02 Å². The van der Waals surface area contributed by atoms with Crippen LogP contribution in [0.5, 0.6) is 0 Å². The molecule has 6 heteroatoms. The Kier molecular flexibility index (Phi) is 4.68. The average Bonchev–Trinajstić information content (AvgIpc) is 3.06. The number of hydrogen-bond acceptors (Lipinski definition) is 3. The molecule has 0 fully saturated rings. The molecular weight excluding hydrogens is 312 g/mol. The van der Waals surface area contributed by atoms with E-state index in [4.69, 9.17) is 11.6 Å². The third kappa shape index (κ3) is 3.76. The van der Waals surface area contributed by atoms with Crippen LogP contribution in [0, 0.1) is 0 Å². The maximum absolute atomic E-state index is 12.1. The van der Waals surface area contributed by atoms with Crippen LogP contribution in [0.1, 0.15) is 16.2 Å². The Morgan fingerprint density at radius 3 is 2.74 bits per heavy atom. The fraction of sp³-hybridized carbons (Fsp3) is 0.118. The monoisotopic (exact) mass is 326 g/mol. The quantitative estimate of drug-likeness (QED) is 0.784. The van der Waals surface area contributed by atoms with Gasteiger partial charge in [0.25, 0.3) is 5.91 Å². The molecule has 0 saturated carbocycles. The van der Waals surface area contributed by atoms with Gasteiger partial charge in [-0.05, 0) is 30.3 Å². The second kappa shape index (κ2) is 7.07. The van der Waals surface area contributed by atoms with Gasteiger partial charge in [0.2, 0.25) is 0 Å². The fourth-order valence-electron chi connectivity index (χ4n) is 2.16. The number of nitrogens with one attached hydrogen (secondary N) is 1. The van der Waals surface area contributed by atoms with Crippen molar-refractivity contribution in [3.05, 3.63) is 77.3 Å². The first-order valence-electron chi connectivity index (χ1n) is 7.23. The Labute approximate surface area is 138 Å². The van der Waals surface area contributed by atoms with Crippen molar-refractivity contribution in [3.8, 4) is 5.69 Å². The van der Waals surface area contributed by atoms with Crippen molar-refractivity contribution >= 4 is 17.5 Å². The molecule has 0 bridgehead atoms. The summed E-state index contributed by atoms with van der Waals surface area (Å²) in [6.45, 7) is 0.509. The lowest BCUT2D eigenvalue weighted by atomic mass is 10.2. The molecule has 0 unspecified atom stereocenters. The number of benzene rings is 1. The average molecular weight is 327 g/mol. The molecule has 1 N–H and O–H groups in total. The van der Waals surface area contributed by atoms with Gasteiger partial charge in [-0.2, -0.15) is 5.10 Å². The number of halogens is 1. The molecule has 0 aliphatic rings. The minimum Gasteiger partial charge on any atom is -0.350 e. The summed E-state index contributed by atoms with van der Waals surface area (Å²) in [4.78, 5) is 16.3. The topological polar surface area (TPSA) is 59.8 Å². The Hall–Kier alpha value is -2.66. The second-order valence-corrected chi connectivity index (χ2v) is 5.33. The van der Waals surface area contributed by atoms with Crippen molar-refractivity contribution in [2.24, 2.45) is 0 Å². The minimum atomic E-state index is -0.216. The first kappa shape index (κ1) is 15.2. The van der Waals surface area contributed by atoms with Gasteiger partial charge < -0.3 is 5.32 Å². The molecule has 2 aromatic heterocycles. The number of amides is 1. The highest BCUT2D eigenvalue weighted by Crippen LogP contribution is 2.18. The molecule has 2 heterocycles. The first-order chi connectivity index (χ1) is 11.2. The van der Waals surface area contributed by atoms with Gasteiger partial charge in [-0.1, -0.05) is 29.8 Å². The third-order valence-corrected chi connectivity index (χ3v) is 3.63. The van der Waals surface area contributed by atoms with Gasteiger partial charge in [0, 0.05) is 31.1 Å². The van der Waals surface area contributed by atoms with Crippen molar-refractivity contribution in [2.45, 2.75) is 6.42 Å². The molecule has 23 heavy (non-hydrogen) atoms. The van der Waals surface area contributed by atoms with E-state index in [9.17, 15) is 4.79 Å². The van der Waals surface area contributed by atoms with Gasteiger partial charge in [-0.15, -0.1) is 0 Å². The van der Waals surface area contributed by atoms with E-state index in [1.807, 2.05) is 36.4 Å². The smallest absolute Gasteiger partial charge is 0.271 e. The second-order valence-electron chi connectivity index (χ2n) is 4.92. The molecule has 5 nitrogen and oxygen atoms in total. The molecule has 1 aromatic carbocycles. The first-order valence-corrected chi connectivity index (χ1v) is 7.60. The number of nitrogens with zero attached hydrogens (tertiary/aromatic N) is 3. The lowest BCUT2D eigenvalue weighted by molar-refractivity contribution is 0.0948. The summed E-state index contributed by atoms with van der Waals surface area (Å²) in [7, 11) is 0. The van der Waals surface area contributed by atoms with Gasteiger partial charge in [0.05, 0.1) is 10.7 Å². The molecule has 0 atom stereocenters. The Bertz CT molecular complexity index is 801. The zero-order valence-electron chi connectivity index (χ0n) is 12.3. The maximum atomic E-state index is 12.1. The van der Waals surface area contributed by atoms with Crippen LogP contribution < -0.4 is 5.32 Å². The third-order valence-electron chi connectivity index (χ3n) is 3.31. The van der Waals surface area contributed by atoms with Gasteiger partial charge in [-0.3, -0.25) is 9.78 Å². The molecule has 0 spiro atoms. The van der Waals surface area contributed by atoms with Crippen molar-refractivity contribution in [3.63, 3.8) is 0 Å². The molecular formula is C17H15ClN4O. The summed E-state index contributed by atoms with van der Waals surface area (Å²) in [6.07, 6.45) is 4.13. The summed E-state index contributed by atoms with van der Waals surface area (Å²) < 4.78 is 1.59. The zero-order valence-corrected chi connectivity index (χ0v) is 13.1. The van der Waals surface area contributed by atoms with E-state index in [0.29, 0.717) is 23.7 Å². The maximum Gasteiger partial charge on any atom is 0.271 e. The largest absolute Gasteiger partial charge is 0.350 e. The van der Waals surface area contributed by atoms with Gasteiger partial charge >= 0.3 is 0 Å². The molecule has 3 rings (SSSR count). The van der Waals surface area contributed by atoms with Crippen LogP contribution in [0.25, 0.3) is 5.69 Å². The van der Waals surface area contributed by atoms with E-state index < -0.39 is 0 Å². The normalized spacial score (nSPS) is 10.5. The van der Waals surface area contributed by atoms with Gasteiger partial charge in [0.1, 0.15) is 0 Å². The number of aromatic nitrogens is 3. The predicted octanol–water partition coefficient (Wildman–Crippen LogP) is 2.89. The molecule has 0 aliphatic carbocycles. The van der Waals surface area contributed by atoms with E-state index in [-0.39, 0.29) is 5.91 Å². The molecule has 0 aliphatic heterocycles. The lowest BCUT2D eigenvalue weighted by Crippen LogP contribution is -2.26. The number of carbonyl (C=O) groups excluding carboxylic acids is 1. The van der Waals surface area contributed by atoms with Crippen LogP contribution in [0.4, 0.5) is 0 Å². The number of carbonyl (C=O) groups is 1. The van der Waals surface area contributed by atoms with E-state index in [1.54, 1.807) is 29.2 Å². The van der Waals surface area contributed by atoms with Crippen LogP contribution in [-0.4, -0.2) is 27.2 Å². The van der Waals surface area contributed by atoms with Crippen LogP contribution in [0.15, 0.2) is 60.9 Å². The van der Waals surface area contributed by atoms with Crippen LogP contribution >= 0.6 is 11.6 Å². The van der Waals surface area contributed by atoms with Crippen molar-refractivity contribution in [1.29, 1.82) is 0 Å². The highest BCUT2D eigenvalue weighted by Gasteiger charge is 2.11. The summed E-state index contributed by atoms with van der Waals surface area (Å²) in [5, 5.41) is 7.69. The number of para-hydroxylation sites is 1. The van der Waals surface area contributed by atoms with Gasteiger partial charge in [-0.25, -0.2) is 4.68 Å². The standard InChI is InChI=1S/C17H15ClN4O/c18-14-6-1-2-7-16(14)22-12-9-15(21-22)17(23)20-11-8-13-5-3-4-10-19-13/h1-7,9-10,12H,8,11H2,(H,20,23). The van der Waals surface area contributed by atoms with E-state index in [1.165, 1.54) is 0 Å². The Morgan fingerprint density at radius 1 is 1.13 bits per heavy atom. The van der Waals surface area contributed by atoms with Crippen molar-refractivity contribution in [2.75, 3.05) is 6.54 Å². The van der Waals surface area contributed by atoms with Crippen LogP contribution in [-0.2, 0) is 6.42 Å². The molecule has 116 valence electrons. The molecule has 0 saturated heterocycles. The highest BCUT2D eigenvalue weighted by molar-refractivity contribution is 6.32. The number of pyridine rings is 1. The number of hydrogen-bond donors (Lipinski definition) is 1. The minimum absolute atomic E-state index is 0.216. The van der Waals surface area contributed by atoms with E-state index >= 15 is 0 Å². The molecule has 0 radical (unpaired) electrons. The van der Waals surface area contributed by atoms with E-state index in [0.717, 1.165) is 11.4 Å². The van der Waals surface area contributed by atoms with Crippen molar-refractivity contribution in [1.82, 2.24) is 20.1 Å². The summed E-state index contributed by atoms with van der Waals surface area (Å²) in [5.74, 6) is -0.216. The Balaban J connectivity index is 1.62. The van der Waals surface area contributed by atoms with Crippen LogP contribution in [0.3, 0.4) is 0 Å². The van der Waals surface area contributed by atoms with Gasteiger partial charge in [0.15, 0.2) is 5.69 Å². The fourth-order valence-corrected chi connectivity index (χ4v) is 2.38. The zero-order chi connectivity index (χ0) is 16.1. The van der Waals surface area contributed by atoms with E-state index in [2.05, 4.69) is 15.4 Å². The lowest BCUT2D eigenvalue weighted by Gasteiger charge is -2.04. The Morgan fingerprint density at radius 2 is 1.96 bits per heavy atom. The van der Waals surface area contributed by atoms with Crippen molar-refractivity contribution < 1.29 is 4.79 Å². The number of rotatable bonds is 5. The molecule has 1 amide bonds. The summed E-state index contributed by atoms with van der Waals surface area (Å²) >= 11 is 6.13. The SMILES string of the molecule is O=C(NCCc1ccccn1)c1ccn(-c2ccccc2Cl)n1.